The van der Waals surface area contributed by atoms with Crippen LogP contribution in [0.2, 0.25) is 0 Å². The van der Waals surface area contributed by atoms with E-state index in [2.05, 4.69) is 30.6 Å². The highest BCUT2D eigenvalue weighted by molar-refractivity contribution is 9.11. The van der Waals surface area contributed by atoms with E-state index in [9.17, 15) is 12.8 Å². The fourth-order valence-corrected chi connectivity index (χ4v) is 3.39. The van der Waals surface area contributed by atoms with Gasteiger partial charge in [-0.25, -0.2) is 14.4 Å². The van der Waals surface area contributed by atoms with E-state index in [0.29, 0.717) is 3.79 Å². The summed E-state index contributed by atoms with van der Waals surface area (Å²) in [5.74, 6) is -0.907. The number of hydrogen-bond donors (Lipinski definition) is 1. The number of anilines is 1. The van der Waals surface area contributed by atoms with Gasteiger partial charge in [0.25, 0.3) is 10.0 Å². The molecule has 0 unspecified atom stereocenters. The van der Waals surface area contributed by atoms with Crippen molar-refractivity contribution < 1.29 is 12.8 Å². The van der Waals surface area contributed by atoms with Crippen LogP contribution in [0.15, 0.2) is 33.3 Å². The molecular formula is C8H5BrFN3O2S2. The summed E-state index contributed by atoms with van der Waals surface area (Å²) in [6.07, 6.45) is 2.65. The lowest BCUT2D eigenvalue weighted by atomic mass is 10.5. The van der Waals surface area contributed by atoms with E-state index in [1.54, 1.807) is 0 Å². The molecule has 0 atom stereocenters. The van der Waals surface area contributed by atoms with Crippen LogP contribution in [0.25, 0.3) is 0 Å². The molecule has 0 saturated carbocycles. The Morgan fingerprint density at radius 1 is 1.41 bits per heavy atom. The van der Waals surface area contributed by atoms with Crippen LogP contribution in [0.5, 0.6) is 0 Å². The number of pyridine rings is 1. The Kier molecular flexibility index (Phi) is 3.40. The van der Waals surface area contributed by atoms with Gasteiger partial charge in [0.2, 0.25) is 5.03 Å². The molecule has 2 aromatic rings. The Labute approximate surface area is 109 Å². The summed E-state index contributed by atoms with van der Waals surface area (Å²) in [4.78, 5) is 7.28. The fourth-order valence-electron chi connectivity index (χ4n) is 1.03. The molecule has 9 heteroatoms. The van der Waals surface area contributed by atoms with Crippen LogP contribution in [-0.2, 0) is 10.0 Å². The standard InChI is InChI=1S/C8H5BrFN3O2S2/c9-6-4-12-8(16-6)13-17(14,15)7-5(10)2-1-3-11-7/h1-4H,(H,12,13). The molecule has 0 aliphatic rings. The van der Waals surface area contributed by atoms with Crippen molar-refractivity contribution in [1.29, 1.82) is 0 Å². The Morgan fingerprint density at radius 3 is 2.76 bits per heavy atom. The number of nitrogens with one attached hydrogen (secondary N) is 1. The summed E-state index contributed by atoms with van der Waals surface area (Å²) in [6.45, 7) is 0. The number of sulfonamides is 1. The predicted octanol–water partition coefficient (Wildman–Crippen LogP) is 2.24. The Hall–Kier alpha value is -1.06. The van der Waals surface area contributed by atoms with E-state index in [4.69, 9.17) is 0 Å². The number of aromatic nitrogens is 2. The van der Waals surface area contributed by atoms with Crippen LogP contribution < -0.4 is 4.72 Å². The molecule has 0 saturated heterocycles. The molecular weight excluding hydrogens is 333 g/mol. The lowest BCUT2D eigenvalue weighted by Gasteiger charge is -2.04. The molecule has 0 amide bonds. The molecule has 0 fully saturated rings. The van der Waals surface area contributed by atoms with E-state index < -0.39 is 20.9 Å². The van der Waals surface area contributed by atoms with E-state index in [-0.39, 0.29) is 5.13 Å². The summed E-state index contributed by atoms with van der Waals surface area (Å²) in [5, 5.41) is -0.506. The third kappa shape index (κ3) is 2.79. The highest BCUT2D eigenvalue weighted by Gasteiger charge is 2.21. The van der Waals surface area contributed by atoms with Gasteiger partial charge in [-0.3, -0.25) is 4.72 Å². The second kappa shape index (κ2) is 4.67. The van der Waals surface area contributed by atoms with Crippen LogP contribution in [0.3, 0.4) is 0 Å². The van der Waals surface area contributed by atoms with Gasteiger partial charge in [0.1, 0.15) is 0 Å². The second-order valence-electron chi connectivity index (χ2n) is 2.87. The fraction of sp³-hybridized carbons (Fsp3) is 0. The van der Waals surface area contributed by atoms with Gasteiger partial charge in [-0.1, -0.05) is 11.3 Å². The smallest absolute Gasteiger partial charge is 0.253 e. The molecule has 5 nitrogen and oxygen atoms in total. The molecule has 0 radical (unpaired) electrons. The molecule has 0 aliphatic heterocycles. The van der Waals surface area contributed by atoms with Crippen molar-refractivity contribution in [2.24, 2.45) is 0 Å². The highest BCUT2D eigenvalue weighted by Crippen LogP contribution is 2.25. The molecule has 2 rings (SSSR count). The molecule has 0 aromatic carbocycles. The molecule has 17 heavy (non-hydrogen) atoms. The van der Waals surface area contributed by atoms with Crippen molar-refractivity contribution >= 4 is 42.4 Å². The van der Waals surface area contributed by atoms with Crippen LogP contribution in [0.4, 0.5) is 9.52 Å². The van der Waals surface area contributed by atoms with Crippen molar-refractivity contribution in [2.75, 3.05) is 4.72 Å². The van der Waals surface area contributed by atoms with Crippen molar-refractivity contribution in [3.63, 3.8) is 0 Å². The van der Waals surface area contributed by atoms with E-state index in [0.717, 1.165) is 17.4 Å². The van der Waals surface area contributed by atoms with Crippen LogP contribution in [0, 0.1) is 5.82 Å². The van der Waals surface area contributed by atoms with Crippen molar-refractivity contribution in [3.05, 3.63) is 34.1 Å². The number of rotatable bonds is 3. The molecule has 1 N–H and O–H groups in total. The maximum Gasteiger partial charge on any atom is 0.284 e. The van der Waals surface area contributed by atoms with Crippen LogP contribution >= 0.6 is 27.3 Å². The zero-order valence-corrected chi connectivity index (χ0v) is 11.3. The third-order valence-electron chi connectivity index (χ3n) is 1.68. The first-order valence-electron chi connectivity index (χ1n) is 4.24. The topological polar surface area (TPSA) is 72.0 Å². The van der Waals surface area contributed by atoms with Crippen molar-refractivity contribution in [2.45, 2.75) is 5.03 Å². The summed E-state index contributed by atoms with van der Waals surface area (Å²) in [7, 11) is -4.04. The molecule has 0 bridgehead atoms. The maximum atomic E-state index is 13.3. The monoisotopic (exact) mass is 337 g/mol. The van der Waals surface area contributed by atoms with Crippen molar-refractivity contribution in [1.82, 2.24) is 9.97 Å². The molecule has 0 spiro atoms. The first-order chi connectivity index (χ1) is 7.99. The van der Waals surface area contributed by atoms with Gasteiger partial charge in [0.05, 0.1) is 9.98 Å². The summed E-state index contributed by atoms with van der Waals surface area (Å²) >= 11 is 4.22. The minimum absolute atomic E-state index is 0.141. The lowest BCUT2D eigenvalue weighted by Crippen LogP contribution is -2.15. The molecule has 2 heterocycles. The maximum absolute atomic E-state index is 13.3. The number of hydrogen-bond acceptors (Lipinski definition) is 5. The SMILES string of the molecule is O=S(=O)(Nc1ncc(Br)s1)c1ncccc1F. The van der Waals surface area contributed by atoms with E-state index in [1.807, 2.05) is 0 Å². The zero-order valence-electron chi connectivity index (χ0n) is 8.09. The summed E-state index contributed by atoms with van der Waals surface area (Å²) in [5.41, 5.74) is 0. The first kappa shape index (κ1) is 12.4. The average Bonchev–Trinajstić information content (AvgIpc) is 2.63. The van der Waals surface area contributed by atoms with Gasteiger partial charge in [0.15, 0.2) is 10.9 Å². The molecule has 90 valence electrons. The normalized spacial score (nSPS) is 11.4. The van der Waals surface area contributed by atoms with Gasteiger partial charge in [-0.2, -0.15) is 8.42 Å². The second-order valence-corrected chi connectivity index (χ2v) is 6.87. The van der Waals surface area contributed by atoms with Crippen LogP contribution in [-0.4, -0.2) is 18.4 Å². The largest absolute Gasteiger partial charge is 0.284 e. The van der Waals surface area contributed by atoms with Gasteiger partial charge < -0.3 is 0 Å². The van der Waals surface area contributed by atoms with Crippen LogP contribution in [0.1, 0.15) is 0 Å². The molecule has 0 aliphatic carbocycles. The van der Waals surface area contributed by atoms with E-state index >= 15 is 0 Å². The summed E-state index contributed by atoms with van der Waals surface area (Å²) < 4.78 is 39.6. The Bertz CT molecular complexity index is 644. The highest BCUT2D eigenvalue weighted by atomic mass is 79.9. The zero-order chi connectivity index (χ0) is 12.5. The first-order valence-corrected chi connectivity index (χ1v) is 7.33. The van der Waals surface area contributed by atoms with Crippen molar-refractivity contribution in [3.8, 4) is 0 Å². The van der Waals surface area contributed by atoms with Gasteiger partial charge in [-0.05, 0) is 28.1 Å². The predicted molar refractivity (Wildman–Crippen MR) is 64.8 cm³/mol. The lowest BCUT2D eigenvalue weighted by molar-refractivity contribution is 0.557. The molecule has 2 aromatic heterocycles. The quantitative estimate of drug-likeness (QED) is 0.932. The Morgan fingerprint density at radius 2 is 2.18 bits per heavy atom. The van der Waals surface area contributed by atoms with E-state index in [1.165, 1.54) is 18.5 Å². The summed E-state index contributed by atoms with van der Waals surface area (Å²) in [6, 6.07) is 2.34. The number of nitrogens with zero attached hydrogens (tertiary/aromatic N) is 2. The van der Waals surface area contributed by atoms with Gasteiger partial charge >= 0.3 is 0 Å². The Balaban J connectivity index is 2.35. The minimum Gasteiger partial charge on any atom is -0.253 e. The minimum atomic E-state index is -4.04. The third-order valence-corrected chi connectivity index (χ3v) is 4.47. The average molecular weight is 338 g/mol. The number of halogens is 2. The van der Waals surface area contributed by atoms with Gasteiger partial charge in [-0.15, -0.1) is 0 Å². The van der Waals surface area contributed by atoms with Gasteiger partial charge in [0, 0.05) is 6.20 Å². The number of thiazole rings is 1.